The maximum Gasteiger partial charge on any atom is 0.416 e. The number of carbonyl (C=O) groups excluding carboxylic acids is 1. The molecule has 0 saturated heterocycles. The van der Waals surface area contributed by atoms with E-state index in [0.717, 1.165) is 12.1 Å². The molecule has 32 heavy (non-hydrogen) atoms. The minimum absolute atomic E-state index is 0.0000887. The van der Waals surface area contributed by atoms with Gasteiger partial charge in [-0.05, 0) is 41.5 Å². The number of rotatable bonds is 7. The van der Waals surface area contributed by atoms with Crippen molar-refractivity contribution >= 4 is 40.5 Å². The summed E-state index contributed by atoms with van der Waals surface area (Å²) in [6.45, 7) is 0.0563. The molecule has 168 valence electrons. The molecule has 0 spiro atoms. The van der Waals surface area contributed by atoms with Crippen molar-refractivity contribution < 1.29 is 27.4 Å². The topological polar surface area (TPSA) is 47.6 Å². The van der Waals surface area contributed by atoms with E-state index in [2.05, 4.69) is 5.32 Å². The van der Waals surface area contributed by atoms with Crippen LogP contribution in [0.5, 0.6) is 5.75 Å². The summed E-state index contributed by atoms with van der Waals surface area (Å²) in [5.41, 5.74) is 1.45. The van der Waals surface area contributed by atoms with Crippen molar-refractivity contribution in [1.82, 2.24) is 0 Å². The molecular weight excluding hydrogens is 466 g/mol. The SMILES string of the molecule is COC(=O)Cc1ccc(OCc2ccc(C(F)(F)F)cc2)cc1Nc1c(Cl)cccc1Cl. The summed E-state index contributed by atoms with van der Waals surface area (Å²) in [4.78, 5) is 11.8. The van der Waals surface area contributed by atoms with Gasteiger partial charge < -0.3 is 14.8 Å². The summed E-state index contributed by atoms with van der Waals surface area (Å²) in [7, 11) is 1.29. The summed E-state index contributed by atoms with van der Waals surface area (Å²) in [5, 5.41) is 3.90. The van der Waals surface area contributed by atoms with Crippen LogP contribution in [-0.4, -0.2) is 13.1 Å². The fraction of sp³-hybridized carbons (Fsp3) is 0.174. The molecule has 0 radical (unpaired) electrons. The molecule has 0 bridgehead atoms. The normalized spacial score (nSPS) is 11.2. The molecule has 1 N–H and O–H groups in total. The molecule has 0 aliphatic rings. The number of ether oxygens (including phenoxy) is 2. The van der Waals surface area contributed by atoms with Crippen molar-refractivity contribution in [2.24, 2.45) is 0 Å². The molecule has 0 aliphatic heterocycles. The molecule has 0 heterocycles. The van der Waals surface area contributed by atoms with Crippen LogP contribution in [0.3, 0.4) is 0 Å². The Morgan fingerprint density at radius 3 is 2.25 bits per heavy atom. The van der Waals surface area contributed by atoms with Gasteiger partial charge in [0, 0.05) is 11.8 Å². The minimum atomic E-state index is -4.39. The van der Waals surface area contributed by atoms with Crippen LogP contribution in [0.4, 0.5) is 24.5 Å². The van der Waals surface area contributed by atoms with Gasteiger partial charge in [0.25, 0.3) is 0 Å². The lowest BCUT2D eigenvalue weighted by Crippen LogP contribution is -2.07. The van der Waals surface area contributed by atoms with Crippen LogP contribution in [0, 0.1) is 0 Å². The molecule has 3 rings (SSSR count). The van der Waals surface area contributed by atoms with Crippen LogP contribution < -0.4 is 10.1 Å². The second kappa shape index (κ2) is 10.1. The van der Waals surface area contributed by atoms with Gasteiger partial charge in [-0.25, -0.2) is 0 Å². The summed E-state index contributed by atoms with van der Waals surface area (Å²) in [6, 6.07) is 14.8. The highest BCUT2D eigenvalue weighted by Crippen LogP contribution is 2.35. The first-order valence-corrected chi connectivity index (χ1v) is 10.1. The molecule has 0 aliphatic carbocycles. The van der Waals surface area contributed by atoms with Crippen LogP contribution in [-0.2, 0) is 28.7 Å². The molecular formula is C23H18Cl2F3NO3. The van der Waals surface area contributed by atoms with Crippen molar-refractivity contribution in [2.75, 3.05) is 12.4 Å². The summed E-state index contributed by atoms with van der Waals surface area (Å²) in [5.74, 6) is 0.000850. The number of esters is 1. The zero-order valence-electron chi connectivity index (χ0n) is 16.8. The second-order valence-electron chi connectivity index (χ2n) is 6.78. The Hall–Kier alpha value is -2.90. The lowest BCUT2D eigenvalue weighted by atomic mass is 10.1. The number of hydrogen-bond acceptors (Lipinski definition) is 4. The quantitative estimate of drug-likeness (QED) is 0.365. The fourth-order valence-electron chi connectivity index (χ4n) is 2.85. The smallest absolute Gasteiger partial charge is 0.416 e. The summed E-state index contributed by atoms with van der Waals surface area (Å²) in [6.07, 6.45) is -4.39. The van der Waals surface area contributed by atoms with Gasteiger partial charge in [-0.2, -0.15) is 13.2 Å². The number of anilines is 2. The Bertz CT molecular complexity index is 1080. The van der Waals surface area contributed by atoms with Crippen molar-refractivity contribution in [3.05, 3.63) is 87.4 Å². The number of nitrogens with one attached hydrogen (secondary N) is 1. The van der Waals surface area contributed by atoms with Crippen LogP contribution in [0.25, 0.3) is 0 Å². The third-order valence-corrected chi connectivity index (χ3v) is 5.18. The van der Waals surface area contributed by atoms with Crippen LogP contribution >= 0.6 is 23.2 Å². The van der Waals surface area contributed by atoms with Gasteiger partial charge in [0.05, 0.1) is 34.8 Å². The third kappa shape index (κ3) is 6.08. The van der Waals surface area contributed by atoms with Gasteiger partial charge >= 0.3 is 12.1 Å². The molecule has 0 saturated carbocycles. The molecule has 0 unspecified atom stereocenters. The number of methoxy groups -OCH3 is 1. The Morgan fingerprint density at radius 2 is 1.66 bits per heavy atom. The number of hydrogen-bond donors (Lipinski definition) is 1. The highest BCUT2D eigenvalue weighted by atomic mass is 35.5. The number of benzene rings is 3. The van der Waals surface area contributed by atoms with Crippen molar-refractivity contribution in [1.29, 1.82) is 0 Å². The van der Waals surface area contributed by atoms with Crippen molar-refractivity contribution in [3.8, 4) is 5.75 Å². The highest BCUT2D eigenvalue weighted by molar-refractivity contribution is 6.39. The number of halogens is 5. The van der Waals surface area contributed by atoms with E-state index in [4.69, 9.17) is 32.7 Å². The molecule has 9 heteroatoms. The van der Waals surface area contributed by atoms with Crippen LogP contribution in [0.15, 0.2) is 60.7 Å². The van der Waals surface area contributed by atoms with E-state index >= 15 is 0 Å². The van der Waals surface area contributed by atoms with Crippen LogP contribution in [0.1, 0.15) is 16.7 Å². The fourth-order valence-corrected chi connectivity index (χ4v) is 3.34. The standard InChI is InChI=1S/C23H18Cl2F3NO3/c1-31-21(30)11-15-7-10-17(12-20(15)29-22-18(24)3-2-4-19(22)25)32-13-14-5-8-16(9-6-14)23(26,27)28/h2-10,12,29H,11,13H2,1H3. The first-order valence-electron chi connectivity index (χ1n) is 9.37. The predicted octanol–water partition coefficient (Wildman–Crippen LogP) is 7.05. The van der Waals surface area contributed by atoms with E-state index in [0.29, 0.717) is 38.3 Å². The van der Waals surface area contributed by atoms with Gasteiger partial charge in [-0.1, -0.05) is 47.5 Å². The first-order chi connectivity index (χ1) is 15.2. The molecule has 0 amide bonds. The first kappa shape index (κ1) is 23.8. The van der Waals surface area contributed by atoms with Gasteiger partial charge in [0.2, 0.25) is 0 Å². The summed E-state index contributed by atoms with van der Waals surface area (Å²) >= 11 is 12.5. The molecule has 0 aromatic heterocycles. The van der Waals surface area contributed by atoms with Gasteiger partial charge in [-0.3, -0.25) is 4.79 Å². The molecule has 3 aromatic rings. The van der Waals surface area contributed by atoms with E-state index in [1.807, 2.05) is 0 Å². The van der Waals surface area contributed by atoms with Gasteiger partial charge in [0.1, 0.15) is 12.4 Å². The Kier molecular flexibility index (Phi) is 7.53. The minimum Gasteiger partial charge on any atom is -0.489 e. The van der Waals surface area contributed by atoms with E-state index in [1.165, 1.54) is 19.2 Å². The molecule has 0 fully saturated rings. The lowest BCUT2D eigenvalue weighted by Gasteiger charge is -2.16. The Labute approximate surface area is 192 Å². The molecule has 4 nitrogen and oxygen atoms in total. The zero-order chi connectivity index (χ0) is 23.3. The van der Waals surface area contributed by atoms with E-state index in [1.54, 1.807) is 36.4 Å². The van der Waals surface area contributed by atoms with Crippen molar-refractivity contribution in [3.63, 3.8) is 0 Å². The van der Waals surface area contributed by atoms with E-state index in [9.17, 15) is 18.0 Å². The number of alkyl halides is 3. The summed E-state index contributed by atoms with van der Waals surface area (Å²) < 4.78 is 48.6. The monoisotopic (exact) mass is 483 g/mol. The highest BCUT2D eigenvalue weighted by Gasteiger charge is 2.29. The van der Waals surface area contributed by atoms with Gasteiger partial charge in [-0.15, -0.1) is 0 Å². The number of para-hydroxylation sites is 1. The predicted molar refractivity (Wildman–Crippen MR) is 118 cm³/mol. The molecule has 0 atom stereocenters. The lowest BCUT2D eigenvalue weighted by molar-refractivity contribution is -0.140. The number of carbonyl (C=O) groups is 1. The Morgan fingerprint density at radius 1 is 1.00 bits per heavy atom. The van der Waals surface area contributed by atoms with Crippen molar-refractivity contribution in [2.45, 2.75) is 19.2 Å². The van der Waals surface area contributed by atoms with E-state index < -0.39 is 17.7 Å². The maximum atomic E-state index is 12.7. The average molecular weight is 484 g/mol. The maximum absolute atomic E-state index is 12.7. The van der Waals surface area contributed by atoms with Gasteiger partial charge in [0.15, 0.2) is 0 Å². The largest absolute Gasteiger partial charge is 0.489 e. The zero-order valence-corrected chi connectivity index (χ0v) is 18.3. The average Bonchev–Trinajstić information content (AvgIpc) is 2.75. The molecule has 3 aromatic carbocycles. The second-order valence-corrected chi connectivity index (χ2v) is 7.59. The van der Waals surface area contributed by atoms with E-state index in [-0.39, 0.29) is 13.0 Å². The third-order valence-electron chi connectivity index (χ3n) is 4.55. The van der Waals surface area contributed by atoms with Crippen LogP contribution in [0.2, 0.25) is 10.0 Å². The Balaban J connectivity index is 1.82.